The summed E-state index contributed by atoms with van der Waals surface area (Å²) in [4.78, 5) is 4.67. The van der Waals surface area contributed by atoms with Gasteiger partial charge in [-0.2, -0.15) is 0 Å². The third-order valence-electron chi connectivity index (χ3n) is 2.99. The van der Waals surface area contributed by atoms with Gasteiger partial charge in [-0.05, 0) is 39.8 Å². The lowest BCUT2D eigenvalue weighted by Gasteiger charge is -2.22. The van der Waals surface area contributed by atoms with Gasteiger partial charge in [0, 0.05) is 12.1 Å². The predicted molar refractivity (Wildman–Crippen MR) is 73.9 cm³/mol. The summed E-state index contributed by atoms with van der Waals surface area (Å²) in [6.45, 7) is 8.23. The summed E-state index contributed by atoms with van der Waals surface area (Å²) in [7, 11) is 1.66. The summed E-state index contributed by atoms with van der Waals surface area (Å²) in [5.41, 5.74) is 7.78. The van der Waals surface area contributed by atoms with Crippen LogP contribution in [0.3, 0.4) is 0 Å². The van der Waals surface area contributed by atoms with Crippen LogP contribution < -0.4 is 10.5 Å². The van der Waals surface area contributed by atoms with E-state index in [4.69, 9.17) is 10.5 Å². The average molecular weight is 247 g/mol. The van der Waals surface area contributed by atoms with Gasteiger partial charge in [0.25, 0.3) is 0 Å². The van der Waals surface area contributed by atoms with Crippen molar-refractivity contribution >= 4 is 11.0 Å². The number of benzene rings is 1. The van der Waals surface area contributed by atoms with Crippen LogP contribution in [0.2, 0.25) is 0 Å². The van der Waals surface area contributed by atoms with Gasteiger partial charge in [-0.1, -0.05) is 0 Å². The third-order valence-corrected chi connectivity index (χ3v) is 2.99. The highest BCUT2D eigenvalue weighted by Gasteiger charge is 2.24. The molecule has 0 spiro atoms. The van der Waals surface area contributed by atoms with E-state index in [0.717, 1.165) is 22.6 Å². The monoisotopic (exact) mass is 247 g/mol. The van der Waals surface area contributed by atoms with Crippen LogP contribution in [0.4, 0.5) is 0 Å². The molecule has 0 saturated heterocycles. The Labute approximate surface area is 108 Å². The summed E-state index contributed by atoms with van der Waals surface area (Å²) in [5, 5.41) is 0. The summed E-state index contributed by atoms with van der Waals surface area (Å²) in [5.74, 6) is 1.72. The highest BCUT2D eigenvalue weighted by Crippen LogP contribution is 2.28. The largest absolute Gasteiger partial charge is 0.497 e. The number of hydrogen-bond acceptors (Lipinski definition) is 3. The van der Waals surface area contributed by atoms with E-state index >= 15 is 0 Å². The zero-order valence-electron chi connectivity index (χ0n) is 11.7. The minimum Gasteiger partial charge on any atom is -0.497 e. The minimum atomic E-state index is -0.462. The molecule has 2 rings (SSSR count). The van der Waals surface area contributed by atoms with Gasteiger partial charge in [0.2, 0.25) is 0 Å². The fraction of sp³-hybridized carbons (Fsp3) is 0.500. The van der Waals surface area contributed by atoms with Gasteiger partial charge in [0.15, 0.2) is 0 Å². The fourth-order valence-corrected chi connectivity index (χ4v) is 2.18. The quantitative estimate of drug-likeness (QED) is 0.907. The van der Waals surface area contributed by atoms with Crippen LogP contribution in [0.5, 0.6) is 5.75 Å². The summed E-state index contributed by atoms with van der Waals surface area (Å²) in [6, 6.07) is 6.26. The van der Waals surface area contributed by atoms with Crippen molar-refractivity contribution in [3.8, 4) is 5.75 Å². The van der Waals surface area contributed by atoms with Gasteiger partial charge in [0.1, 0.15) is 11.6 Å². The number of aromatic nitrogens is 2. The number of ether oxygens (including phenoxy) is 1. The van der Waals surface area contributed by atoms with E-state index in [0.29, 0.717) is 6.04 Å². The average Bonchev–Trinajstić information content (AvgIpc) is 2.66. The summed E-state index contributed by atoms with van der Waals surface area (Å²) >= 11 is 0. The lowest BCUT2D eigenvalue weighted by molar-refractivity contribution is 0.415. The molecule has 98 valence electrons. The lowest BCUT2D eigenvalue weighted by Crippen LogP contribution is -2.33. The highest BCUT2D eigenvalue weighted by atomic mass is 16.5. The molecule has 0 saturated carbocycles. The van der Waals surface area contributed by atoms with Crippen LogP contribution in [0.1, 0.15) is 39.6 Å². The molecule has 4 nitrogen and oxygen atoms in total. The molecule has 0 aliphatic carbocycles. The van der Waals surface area contributed by atoms with Crippen LogP contribution in [-0.2, 0) is 5.54 Å². The molecule has 0 unspecified atom stereocenters. The van der Waals surface area contributed by atoms with Gasteiger partial charge >= 0.3 is 0 Å². The van der Waals surface area contributed by atoms with Crippen LogP contribution >= 0.6 is 0 Å². The SMILES string of the molecule is COc1ccc2c(c1)nc(C(C)(C)N)n2C(C)C. The molecule has 0 bridgehead atoms. The summed E-state index contributed by atoms with van der Waals surface area (Å²) in [6.07, 6.45) is 0. The normalized spacial score (nSPS) is 12.4. The van der Waals surface area contributed by atoms with Gasteiger partial charge in [0.05, 0.1) is 23.7 Å². The maximum absolute atomic E-state index is 6.22. The molecule has 18 heavy (non-hydrogen) atoms. The molecule has 1 aromatic carbocycles. The van der Waals surface area contributed by atoms with E-state index in [1.54, 1.807) is 7.11 Å². The number of imidazole rings is 1. The Hall–Kier alpha value is -1.55. The van der Waals surface area contributed by atoms with Gasteiger partial charge < -0.3 is 15.0 Å². The number of rotatable bonds is 3. The molecule has 2 aromatic rings. The first kappa shape index (κ1) is 12.9. The van der Waals surface area contributed by atoms with E-state index < -0.39 is 5.54 Å². The van der Waals surface area contributed by atoms with Gasteiger partial charge in [-0.3, -0.25) is 0 Å². The van der Waals surface area contributed by atoms with Crippen molar-refractivity contribution in [2.45, 2.75) is 39.3 Å². The van der Waals surface area contributed by atoms with Crippen molar-refractivity contribution < 1.29 is 4.74 Å². The van der Waals surface area contributed by atoms with E-state index in [-0.39, 0.29) is 0 Å². The third kappa shape index (κ3) is 2.08. The Bertz CT molecular complexity index is 564. The van der Waals surface area contributed by atoms with E-state index in [9.17, 15) is 0 Å². The first-order chi connectivity index (χ1) is 8.34. The van der Waals surface area contributed by atoms with E-state index in [1.807, 2.05) is 32.0 Å². The zero-order chi connectivity index (χ0) is 13.5. The number of methoxy groups -OCH3 is 1. The van der Waals surface area contributed by atoms with Crippen LogP contribution in [0.15, 0.2) is 18.2 Å². The lowest BCUT2D eigenvalue weighted by atomic mass is 10.1. The van der Waals surface area contributed by atoms with Gasteiger partial charge in [-0.25, -0.2) is 4.98 Å². The topological polar surface area (TPSA) is 53.1 Å². The number of hydrogen-bond donors (Lipinski definition) is 1. The molecule has 0 amide bonds. The molecular formula is C14H21N3O. The van der Waals surface area contributed by atoms with Crippen molar-refractivity contribution in [3.05, 3.63) is 24.0 Å². The Morgan fingerprint density at radius 2 is 2.00 bits per heavy atom. The highest BCUT2D eigenvalue weighted by molar-refractivity contribution is 5.78. The molecule has 4 heteroatoms. The second-order valence-corrected chi connectivity index (χ2v) is 5.48. The zero-order valence-corrected chi connectivity index (χ0v) is 11.7. The van der Waals surface area contributed by atoms with Crippen molar-refractivity contribution in [1.29, 1.82) is 0 Å². The summed E-state index contributed by atoms with van der Waals surface area (Å²) < 4.78 is 7.43. The van der Waals surface area contributed by atoms with E-state index in [2.05, 4.69) is 23.4 Å². The van der Waals surface area contributed by atoms with Gasteiger partial charge in [-0.15, -0.1) is 0 Å². The fourth-order valence-electron chi connectivity index (χ4n) is 2.18. The first-order valence-corrected chi connectivity index (χ1v) is 6.20. The van der Waals surface area contributed by atoms with Crippen LogP contribution in [0, 0.1) is 0 Å². The van der Waals surface area contributed by atoms with Crippen molar-refractivity contribution in [2.75, 3.05) is 7.11 Å². The smallest absolute Gasteiger partial charge is 0.129 e. The molecule has 0 atom stereocenters. The molecule has 0 aliphatic heterocycles. The minimum absolute atomic E-state index is 0.321. The van der Waals surface area contributed by atoms with Crippen LogP contribution in [-0.4, -0.2) is 16.7 Å². The second-order valence-electron chi connectivity index (χ2n) is 5.48. The maximum Gasteiger partial charge on any atom is 0.129 e. The standard InChI is InChI=1S/C14H21N3O/c1-9(2)17-12-7-6-10(18-5)8-11(12)16-13(17)14(3,4)15/h6-9H,15H2,1-5H3. The van der Waals surface area contributed by atoms with Crippen molar-refractivity contribution in [1.82, 2.24) is 9.55 Å². The Morgan fingerprint density at radius 3 is 2.50 bits per heavy atom. The number of fused-ring (bicyclic) bond motifs is 1. The second kappa shape index (κ2) is 4.28. The molecule has 0 fully saturated rings. The maximum atomic E-state index is 6.22. The number of nitrogens with two attached hydrogens (primary N) is 1. The Morgan fingerprint density at radius 1 is 1.33 bits per heavy atom. The Balaban J connectivity index is 2.75. The van der Waals surface area contributed by atoms with Crippen molar-refractivity contribution in [2.24, 2.45) is 5.73 Å². The Kier molecular flexibility index (Phi) is 3.07. The predicted octanol–water partition coefficient (Wildman–Crippen LogP) is 2.82. The molecule has 2 N–H and O–H groups in total. The van der Waals surface area contributed by atoms with Crippen LogP contribution in [0.25, 0.3) is 11.0 Å². The molecule has 0 radical (unpaired) electrons. The van der Waals surface area contributed by atoms with Crippen molar-refractivity contribution in [3.63, 3.8) is 0 Å². The van der Waals surface area contributed by atoms with E-state index in [1.165, 1.54) is 0 Å². The molecule has 1 heterocycles. The molecule has 0 aliphatic rings. The molecule has 1 aromatic heterocycles. The molecular weight excluding hydrogens is 226 g/mol. The first-order valence-electron chi connectivity index (χ1n) is 6.20. The number of nitrogens with zero attached hydrogens (tertiary/aromatic N) is 2.